The molecule has 1 aliphatic heterocycles. The number of hydrogen-bond donors (Lipinski definition) is 0. The van der Waals surface area contributed by atoms with Crippen LogP contribution in [0.5, 0.6) is 0 Å². The third kappa shape index (κ3) is 4.03. The van der Waals surface area contributed by atoms with Crippen LogP contribution in [0.15, 0.2) is 23.3 Å². The third-order valence-corrected chi connectivity index (χ3v) is 3.87. The number of ketones is 1. The summed E-state index contributed by atoms with van der Waals surface area (Å²) in [5.74, 6) is 0.377. The van der Waals surface area contributed by atoms with E-state index in [1.807, 2.05) is 13.0 Å². The highest BCUT2D eigenvalue weighted by molar-refractivity contribution is 5.84. The molecule has 1 heterocycles. The molecule has 1 aliphatic rings. The minimum absolute atomic E-state index is 0.0271. The molecular weight excluding hydrogens is 252 g/mol. The van der Waals surface area contributed by atoms with Gasteiger partial charge < -0.3 is 9.47 Å². The van der Waals surface area contributed by atoms with Crippen molar-refractivity contribution in [1.29, 1.82) is 0 Å². The molecule has 3 heteroatoms. The topological polar surface area (TPSA) is 35.5 Å². The van der Waals surface area contributed by atoms with Gasteiger partial charge in [0.25, 0.3) is 0 Å². The Morgan fingerprint density at radius 1 is 1.35 bits per heavy atom. The lowest BCUT2D eigenvalue weighted by molar-refractivity contribution is -0.130. The van der Waals surface area contributed by atoms with Gasteiger partial charge in [-0.1, -0.05) is 39.3 Å². The zero-order chi connectivity index (χ0) is 15.1. The highest BCUT2D eigenvalue weighted by atomic mass is 16.5. The van der Waals surface area contributed by atoms with E-state index in [0.29, 0.717) is 13.0 Å². The van der Waals surface area contributed by atoms with E-state index >= 15 is 0 Å². The fourth-order valence-electron chi connectivity index (χ4n) is 2.93. The van der Waals surface area contributed by atoms with Crippen LogP contribution in [0.3, 0.4) is 0 Å². The molecule has 0 saturated carbocycles. The van der Waals surface area contributed by atoms with E-state index in [9.17, 15) is 4.79 Å². The summed E-state index contributed by atoms with van der Waals surface area (Å²) < 4.78 is 11.0. The second-order valence-corrected chi connectivity index (χ2v) is 5.40. The van der Waals surface area contributed by atoms with Crippen molar-refractivity contribution in [3.63, 3.8) is 0 Å². The maximum Gasteiger partial charge on any atom is 0.161 e. The predicted molar refractivity (Wildman–Crippen MR) is 81.7 cm³/mol. The standard InChI is InChI=1S/C17H28O3/c1-6-9-14(10-8-11-19-5)16-12(3)17(15(18)7-2)20-13(16)4/h8,10,12-13,17H,6-7,9,11H2,1-5H3/b10-8-,16-14-. The molecule has 0 radical (unpaired) electrons. The fourth-order valence-corrected chi connectivity index (χ4v) is 2.93. The largest absolute Gasteiger partial charge is 0.381 e. The van der Waals surface area contributed by atoms with Crippen molar-refractivity contribution in [2.24, 2.45) is 5.92 Å². The first-order chi connectivity index (χ1) is 9.56. The number of Topliss-reactive ketones (excluding diaryl/α,β-unsaturated/α-hetero) is 1. The minimum atomic E-state index is -0.271. The Kier molecular flexibility index (Phi) is 7.17. The zero-order valence-electron chi connectivity index (χ0n) is 13.4. The van der Waals surface area contributed by atoms with E-state index in [-0.39, 0.29) is 23.9 Å². The molecule has 1 saturated heterocycles. The first-order valence-corrected chi connectivity index (χ1v) is 7.63. The van der Waals surface area contributed by atoms with Gasteiger partial charge in [0.1, 0.15) is 6.10 Å². The van der Waals surface area contributed by atoms with Gasteiger partial charge in [0.2, 0.25) is 0 Å². The van der Waals surface area contributed by atoms with Crippen LogP contribution in [0.2, 0.25) is 0 Å². The quantitative estimate of drug-likeness (QED) is 0.713. The molecule has 0 spiro atoms. The molecule has 0 aromatic carbocycles. The molecule has 1 rings (SSSR count). The summed E-state index contributed by atoms with van der Waals surface area (Å²) in [6.45, 7) is 8.84. The van der Waals surface area contributed by atoms with Crippen LogP contribution in [0.25, 0.3) is 0 Å². The number of rotatable bonds is 7. The SMILES string of the molecule is CCCC(/C=C\COC)=C1/C(C)OC(C(=O)CC)C1C. The van der Waals surface area contributed by atoms with Gasteiger partial charge in [0.15, 0.2) is 5.78 Å². The first-order valence-electron chi connectivity index (χ1n) is 7.63. The van der Waals surface area contributed by atoms with Crippen molar-refractivity contribution < 1.29 is 14.3 Å². The number of carbonyl (C=O) groups excluding carboxylic acids is 1. The Hall–Kier alpha value is -0.930. The van der Waals surface area contributed by atoms with Gasteiger partial charge in [-0.15, -0.1) is 0 Å². The lowest BCUT2D eigenvalue weighted by Crippen LogP contribution is -2.25. The Labute approximate surface area is 123 Å². The first kappa shape index (κ1) is 17.1. The Balaban J connectivity index is 3.03. The molecule has 3 atom stereocenters. The summed E-state index contributed by atoms with van der Waals surface area (Å²) in [5.41, 5.74) is 2.59. The van der Waals surface area contributed by atoms with Gasteiger partial charge in [-0.2, -0.15) is 0 Å². The van der Waals surface area contributed by atoms with Crippen molar-refractivity contribution in [2.75, 3.05) is 13.7 Å². The van der Waals surface area contributed by atoms with E-state index in [2.05, 4.69) is 26.8 Å². The highest BCUT2D eigenvalue weighted by Crippen LogP contribution is 2.36. The minimum Gasteiger partial charge on any atom is -0.381 e. The van der Waals surface area contributed by atoms with E-state index in [4.69, 9.17) is 9.47 Å². The van der Waals surface area contributed by atoms with Crippen LogP contribution in [0.1, 0.15) is 47.0 Å². The Bertz CT molecular complexity index is 382. The van der Waals surface area contributed by atoms with Gasteiger partial charge >= 0.3 is 0 Å². The third-order valence-electron chi connectivity index (χ3n) is 3.87. The molecule has 0 aromatic rings. The van der Waals surface area contributed by atoms with Crippen molar-refractivity contribution in [3.05, 3.63) is 23.3 Å². The van der Waals surface area contributed by atoms with Gasteiger partial charge in [-0.05, 0) is 24.5 Å². The van der Waals surface area contributed by atoms with Crippen molar-refractivity contribution in [2.45, 2.75) is 59.2 Å². The normalized spacial score (nSPS) is 29.1. The smallest absolute Gasteiger partial charge is 0.161 e. The van der Waals surface area contributed by atoms with Crippen LogP contribution in [0.4, 0.5) is 0 Å². The molecule has 114 valence electrons. The van der Waals surface area contributed by atoms with E-state index < -0.39 is 0 Å². The second kappa shape index (κ2) is 8.38. The summed E-state index contributed by atoms with van der Waals surface area (Å²) in [7, 11) is 1.69. The number of hydrogen-bond acceptors (Lipinski definition) is 3. The van der Waals surface area contributed by atoms with Crippen LogP contribution in [0, 0.1) is 5.92 Å². The van der Waals surface area contributed by atoms with Gasteiger partial charge in [0, 0.05) is 19.4 Å². The lowest BCUT2D eigenvalue weighted by atomic mass is 9.87. The number of ether oxygens (including phenoxy) is 2. The van der Waals surface area contributed by atoms with Crippen molar-refractivity contribution in [1.82, 2.24) is 0 Å². The molecule has 1 fully saturated rings. The molecule has 0 bridgehead atoms. The van der Waals surface area contributed by atoms with Crippen LogP contribution >= 0.6 is 0 Å². The molecule has 0 aliphatic carbocycles. The van der Waals surface area contributed by atoms with Crippen LogP contribution in [-0.2, 0) is 14.3 Å². The summed E-state index contributed by atoms with van der Waals surface area (Å²) in [4.78, 5) is 12.0. The Morgan fingerprint density at radius 2 is 2.05 bits per heavy atom. The monoisotopic (exact) mass is 280 g/mol. The Morgan fingerprint density at radius 3 is 2.60 bits per heavy atom. The summed E-state index contributed by atoms with van der Waals surface area (Å²) in [5, 5.41) is 0. The van der Waals surface area contributed by atoms with E-state index in [1.165, 1.54) is 11.1 Å². The summed E-state index contributed by atoms with van der Waals surface area (Å²) >= 11 is 0. The molecule has 0 aromatic heterocycles. The van der Waals surface area contributed by atoms with E-state index in [1.54, 1.807) is 7.11 Å². The lowest BCUT2D eigenvalue weighted by Gasteiger charge is -2.15. The van der Waals surface area contributed by atoms with Crippen molar-refractivity contribution >= 4 is 5.78 Å². The van der Waals surface area contributed by atoms with Gasteiger partial charge in [-0.3, -0.25) is 4.79 Å². The number of allylic oxidation sites excluding steroid dienone is 2. The predicted octanol–water partition coefficient (Wildman–Crippen LogP) is 3.69. The molecular formula is C17H28O3. The molecule has 20 heavy (non-hydrogen) atoms. The maximum atomic E-state index is 12.0. The molecule has 0 N–H and O–H groups in total. The van der Waals surface area contributed by atoms with E-state index in [0.717, 1.165) is 12.8 Å². The highest BCUT2D eigenvalue weighted by Gasteiger charge is 2.39. The zero-order valence-corrected chi connectivity index (χ0v) is 13.4. The van der Waals surface area contributed by atoms with Crippen molar-refractivity contribution in [3.8, 4) is 0 Å². The summed E-state index contributed by atoms with van der Waals surface area (Å²) in [6.07, 6.45) is 6.57. The maximum absolute atomic E-state index is 12.0. The fraction of sp³-hybridized carbons (Fsp3) is 0.706. The molecule has 3 nitrogen and oxygen atoms in total. The number of methoxy groups -OCH3 is 1. The van der Waals surface area contributed by atoms with Crippen LogP contribution < -0.4 is 0 Å². The number of carbonyl (C=O) groups is 1. The molecule has 3 unspecified atom stereocenters. The van der Waals surface area contributed by atoms with Crippen LogP contribution in [-0.4, -0.2) is 31.7 Å². The molecule has 0 amide bonds. The average molecular weight is 280 g/mol. The second-order valence-electron chi connectivity index (χ2n) is 5.40. The average Bonchev–Trinajstić information content (AvgIpc) is 2.72. The summed E-state index contributed by atoms with van der Waals surface area (Å²) in [6, 6.07) is 0. The van der Waals surface area contributed by atoms with Gasteiger partial charge in [0.05, 0.1) is 12.7 Å². The van der Waals surface area contributed by atoms with Gasteiger partial charge in [-0.25, -0.2) is 0 Å².